The van der Waals surface area contributed by atoms with Crippen molar-refractivity contribution in [1.82, 2.24) is 15.0 Å². The van der Waals surface area contributed by atoms with Crippen molar-refractivity contribution in [2.45, 2.75) is 0 Å². The molecular formula is C14H10ClN3O. The molecule has 0 aliphatic heterocycles. The second kappa shape index (κ2) is 4.74. The van der Waals surface area contributed by atoms with Crippen LogP contribution >= 0.6 is 11.6 Å². The largest absolute Gasteiger partial charge is 0.506 e. The molecule has 0 bridgehead atoms. The lowest BCUT2D eigenvalue weighted by Gasteiger charge is -2.04. The molecular weight excluding hydrogens is 262 g/mol. The van der Waals surface area contributed by atoms with Gasteiger partial charge in [0.15, 0.2) is 0 Å². The Hall–Kier alpha value is -2.33. The van der Waals surface area contributed by atoms with E-state index >= 15 is 0 Å². The Morgan fingerprint density at radius 1 is 1.05 bits per heavy atom. The first-order chi connectivity index (χ1) is 9.25. The lowest BCUT2D eigenvalue weighted by atomic mass is 10.1. The number of hydrogen-bond acceptors (Lipinski definition) is 3. The highest BCUT2D eigenvalue weighted by Gasteiger charge is 2.11. The molecule has 94 valence electrons. The number of hydrogen-bond donors (Lipinski definition) is 2. The molecule has 0 aliphatic rings. The van der Waals surface area contributed by atoms with E-state index in [4.69, 9.17) is 11.6 Å². The Balaban J connectivity index is 2.12. The zero-order valence-electron chi connectivity index (χ0n) is 9.84. The fourth-order valence-electron chi connectivity index (χ4n) is 1.91. The molecule has 4 nitrogen and oxygen atoms in total. The van der Waals surface area contributed by atoms with Crippen LogP contribution in [-0.4, -0.2) is 20.1 Å². The molecule has 0 saturated carbocycles. The summed E-state index contributed by atoms with van der Waals surface area (Å²) in [5.74, 6) is 0.0443. The van der Waals surface area contributed by atoms with Gasteiger partial charge in [-0.2, -0.15) is 0 Å². The third-order valence-electron chi connectivity index (χ3n) is 2.83. The highest BCUT2D eigenvalue weighted by Crippen LogP contribution is 2.33. The van der Waals surface area contributed by atoms with E-state index in [1.165, 1.54) is 0 Å². The second-order valence-corrected chi connectivity index (χ2v) is 4.44. The zero-order valence-corrected chi connectivity index (χ0v) is 10.6. The smallest absolute Gasteiger partial charge is 0.134 e. The van der Waals surface area contributed by atoms with Gasteiger partial charge in [-0.1, -0.05) is 17.7 Å². The minimum Gasteiger partial charge on any atom is -0.506 e. The van der Waals surface area contributed by atoms with Crippen LogP contribution in [0.5, 0.6) is 5.75 Å². The van der Waals surface area contributed by atoms with Gasteiger partial charge in [0.25, 0.3) is 0 Å². The summed E-state index contributed by atoms with van der Waals surface area (Å²) in [7, 11) is 0. The molecule has 0 spiro atoms. The number of phenolic OH excluding ortho intramolecular Hbond substituents is 1. The number of nitrogens with one attached hydrogen (secondary N) is 1. The molecule has 3 aromatic rings. The van der Waals surface area contributed by atoms with Gasteiger partial charge in [0.2, 0.25) is 0 Å². The maximum absolute atomic E-state index is 9.68. The highest BCUT2D eigenvalue weighted by atomic mass is 35.5. The van der Waals surface area contributed by atoms with Gasteiger partial charge in [-0.05, 0) is 24.3 Å². The van der Waals surface area contributed by atoms with Crippen LogP contribution in [0.2, 0.25) is 5.02 Å². The fraction of sp³-hybridized carbons (Fsp3) is 0. The summed E-state index contributed by atoms with van der Waals surface area (Å²) in [5, 5.41) is 10.0. The third kappa shape index (κ3) is 2.18. The number of benzene rings is 1. The van der Waals surface area contributed by atoms with Gasteiger partial charge in [-0.3, -0.25) is 4.98 Å². The standard InChI is InChI=1S/C14H10ClN3O/c15-11-2-1-10(7-12(11)19)14-13(17-8-18-14)9-3-5-16-6-4-9/h1-8,19H,(H,17,18). The summed E-state index contributed by atoms with van der Waals surface area (Å²) >= 11 is 5.81. The molecule has 0 amide bonds. The molecule has 2 heterocycles. The number of phenols is 1. The van der Waals surface area contributed by atoms with Crippen LogP contribution in [0.1, 0.15) is 0 Å². The Morgan fingerprint density at radius 2 is 1.84 bits per heavy atom. The number of aromatic nitrogens is 3. The van der Waals surface area contributed by atoms with Crippen molar-refractivity contribution in [1.29, 1.82) is 0 Å². The third-order valence-corrected chi connectivity index (χ3v) is 3.15. The van der Waals surface area contributed by atoms with Crippen molar-refractivity contribution >= 4 is 11.6 Å². The zero-order chi connectivity index (χ0) is 13.2. The number of aromatic amines is 1. The summed E-state index contributed by atoms with van der Waals surface area (Å²) in [5.41, 5.74) is 3.43. The maximum atomic E-state index is 9.68. The number of H-pyrrole nitrogens is 1. The second-order valence-electron chi connectivity index (χ2n) is 4.03. The monoisotopic (exact) mass is 271 g/mol. The van der Waals surface area contributed by atoms with Gasteiger partial charge in [0, 0.05) is 23.5 Å². The normalized spacial score (nSPS) is 10.6. The van der Waals surface area contributed by atoms with E-state index in [1.54, 1.807) is 30.9 Å². The lowest BCUT2D eigenvalue weighted by Crippen LogP contribution is -1.84. The van der Waals surface area contributed by atoms with Crippen LogP contribution in [0.4, 0.5) is 0 Å². The van der Waals surface area contributed by atoms with E-state index in [0.717, 1.165) is 22.5 Å². The van der Waals surface area contributed by atoms with Gasteiger partial charge in [-0.25, -0.2) is 4.98 Å². The summed E-state index contributed by atoms with van der Waals surface area (Å²) in [6.45, 7) is 0. The first kappa shape index (κ1) is 11.7. The molecule has 19 heavy (non-hydrogen) atoms. The number of halogens is 1. The van der Waals surface area contributed by atoms with Gasteiger partial charge in [-0.15, -0.1) is 0 Å². The average molecular weight is 272 g/mol. The number of rotatable bonds is 2. The van der Waals surface area contributed by atoms with Crippen LogP contribution in [0, 0.1) is 0 Å². The molecule has 3 rings (SSSR count). The average Bonchev–Trinajstić information content (AvgIpc) is 2.92. The molecule has 2 N–H and O–H groups in total. The molecule has 0 saturated heterocycles. The molecule has 1 aromatic carbocycles. The van der Waals surface area contributed by atoms with Crippen LogP contribution in [0.15, 0.2) is 49.1 Å². The van der Waals surface area contributed by atoms with Crippen LogP contribution in [-0.2, 0) is 0 Å². The van der Waals surface area contributed by atoms with E-state index < -0.39 is 0 Å². The Morgan fingerprint density at radius 3 is 2.58 bits per heavy atom. The van der Waals surface area contributed by atoms with E-state index in [1.807, 2.05) is 18.2 Å². The van der Waals surface area contributed by atoms with Crippen molar-refractivity contribution in [3.05, 3.63) is 54.1 Å². The first-order valence-corrected chi connectivity index (χ1v) is 6.06. The fourth-order valence-corrected chi connectivity index (χ4v) is 2.03. The highest BCUT2D eigenvalue weighted by molar-refractivity contribution is 6.32. The van der Waals surface area contributed by atoms with Crippen molar-refractivity contribution in [3.63, 3.8) is 0 Å². The van der Waals surface area contributed by atoms with E-state index in [0.29, 0.717) is 5.02 Å². The van der Waals surface area contributed by atoms with E-state index in [9.17, 15) is 5.11 Å². The van der Waals surface area contributed by atoms with Crippen molar-refractivity contribution in [3.8, 4) is 28.3 Å². The Bertz CT molecular complexity index is 710. The number of pyridine rings is 1. The van der Waals surface area contributed by atoms with Gasteiger partial charge in [0.1, 0.15) is 5.75 Å². The molecule has 0 radical (unpaired) electrons. The molecule has 0 unspecified atom stereocenters. The van der Waals surface area contributed by atoms with Gasteiger partial charge < -0.3 is 10.1 Å². The quantitative estimate of drug-likeness (QED) is 0.750. The SMILES string of the molecule is Oc1cc(-c2nc[nH]c2-c2ccncc2)ccc1Cl. The van der Waals surface area contributed by atoms with Crippen LogP contribution in [0.25, 0.3) is 22.5 Å². The predicted octanol–water partition coefficient (Wildman–Crippen LogP) is 3.50. The maximum Gasteiger partial charge on any atom is 0.134 e. The van der Waals surface area contributed by atoms with Crippen LogP contribution in [0.3, 0.4) is 0 Å². The van der Waals surface area contributed by atoms with Crippen molar-refractivity contribution in [2.24, 2.45) is 0 Å². The van der Waals surface area contributed by atoms with Crippen molar-refractivity contribution < 1.29 is 5.11 Å². The molecule has 5 heteroatoms. The first-order valence-electron chi connectivity index (χ1n) is 5.68. The summed E-state index contributed by atoms with van der Waals surface area (Å²) in [6, 6.07) is 8.86. The number of nitrogens with zero attached hydrogens (tertiary/aromatic N) is 2. The summed E-state index contributed by atoms with van der Waals surface area (Å²) in [6.07, 6.45) is 5.06. The number of imidazole rings is 1. The number of aromatic hydroxyl groups is 1. The Labute approximate surface area is 114 Å². The van der Waals surface area contributed by atoms with E-state index in [2.05, 4.69) is 15.0 Å². The topological polar surface area (TPSA) is 61.8 Å². The Kier molecular flexibility index (Phi) is 2.93. The van der Waals surface area contributed by atoms with E-state index in [-0.39, 0.29) is 5.75 Å². The summed E-state index contributed by atoms with van der Waals surface area (Å²) < 4.78 is 0. The van der Waals surface area contributed by atoms with Crippen molar-refractivity contribution in [2.75, 3.05) is 0 Å². The lowest BCUT2D eigenvalue weighted by molar-refractivity contribution is 0.476. The van der Waals surface area contributed by atoms with Gasteiger partial charge in [0.05, 0.1) is 22.7 Å². The predicted molar refractivity (Wildman–Crippen MR) is 73.9 cm³/mol. The van der Waals surface area contributed by atoms with Crippen LogP contribution < -0.4 is 0 Å². The molecule has 0 atom stereocenters. The minimum atomic E-state index is 0.0443. The molecule has 0 aliphatic carbocycles. The molecule has 0 fully saturated rings. The molecule has 2 aromatic heterocycles. The minimum absolute atomic E-state index is 0.0443. The van der Waals surface area contributed by atoms with Gasteiger partial charge >= 0.3 is 0 Å². The summed E-state index contributed by atoms with van der Waals surface area (Å²) in [4.78, 5) is 11.4.